The van der Waals surface area contributed by atoms with Crippen molar-refractivity contribution in [3.63, 3.8) is 0 Å². The van der Waals surface area contributed by atoms with Gasteiger partial charge in [-0.15, -0.1) is 0 Å². The molecule has 1 aromatic heterocycles. The number of aromatic nitrogens is 1. The summed E-state index contributed by atoms with van der Waals surface area (Å²) in [6.45, 7) is 1.96. The number of nitrogens with zero attached hydrogens (tertiary/aromatic N) is 2. The number of hydrazine groups is 1. The van der Waals surface area contributed by atoms with Crippen LogP contribution in [0.15, 0.2) is 30.3 Å². The average Bonchev–Trinajstić information content (AvgIpc) is 2.39. The predicted molar refractivity (Wildman–Crippen MR) is 71.2 cm³/mol. The molecular weight excluding hydrogens is 250 g/mol. The molecular formula is C13H14F2N4. The summed E-state index contributed by atoms with van der Waals surface area (Å²) in [6.07, 6.45) is 0. The Hall–Kier alpha value is -2.21. The molecule has 0 aliphatic rings. The number of nitrogen functional groups attached to an aromatic ring is 1. The first-order valence-corrected chi connectivity index (χ1v) is 5.66. The molecule has 2 rings (SSSR count). The van der Waals surface area contributed by atoms with Crippen molar-refractivity contribution in [2.45, 2.75) is 6.92 Å². The van der Waals surface area contributed by atoms with Crippen molar-refractivity contribution in [3.8, 4) is 0 Å². The summed E-state index contributed by atoms with van der Waals surface area (Å²) in [5.41, 5.74) is 3.93. The van der Waals surface area contributed by atoms with Gasteiger partial charge in [-0.2, -0.15) is 0 Å². The fourth-order valence-electron chi connectivity index (χ4n) is 1.68. The van der Waals surface area contributed by atoms with E-state index in [9.17, 15) is 8.78 Å². The number of halogens is 2. The van der Waals surface area contributed by atoms with Gasteiger partial charge < -0.3 is 10.3 Å². The Labute approximate surface area is 109 Å². The van der Waals surface area contributed by atoms with E-state index in [0.29, 0.717) is 0 Å². The summed E-state index contributed by atoms with van der Waals surface area (Å²) in [6, 6.07) is 8.21. The van der Waals surface area contributed by atoms with Crippen molar-refractivity contribution in [1.29, 1.82) is 0 Å². The number of nitrogens with one attached hydrogen (secondary N) is 1. The first-order valence-electron chi connectivity index (χ1n) is 5.66. The molecule has 6 heteroatoms. The Kier molecular flexibility index (Phi) is 3.62. The lowest BCUT2D eigenvalue weighted by atomic mass is 10.2. The monoisotopic (exact) mass is 264 g/mol. The number of hydrogen-bond donors (Lipinski definition) is 2. The lowest BCUT2D eigenvalue weighted by Crippen LogP contribution is -2.17. The zero-order valence-electron chi connectivity index (χ0n) is 10.6. The zero-order chi connectivity index (χ0) is 14.0. The number of benzene rings is 1. The molecule has 0 atom stereocenters. The maximum absolute atomic E-state index is 13.8. The average molecular weight is 264 g/mol. The van der Waals surface area contributed by atoms with Gasteiger partial charge in [-0.05, 0) is 19.1 Å². The van der Waals surface area contributed by atoms with Crippen LogP contribution in [0.2, 0.25) is 0 Å². The molecule has 1 aromatic carbocycles. The van der Waals surface area contributed by atoms with Gasteiger partial charge in [-0.3, -0.25) is 0 Å². The lowest BCUT2D eigenvalue weighted by Gasteiger charge is -2.20. The van der Waals surface area contributed by atoms with E-state index in [1.165, 1.54) is 4.90 Å². The van der Waals surface area contributed by atoms with E-state index in [2.05, 4.69) is 10.4 Å². The Morgan fingerprint density at radius 3 is 2.37 bits per heavy atom. The highest BCUT2D eigenvalue weighted by atomic mass is 19.1. The minimum absolute atomic E-state index is 0.00166. The van der Waals surface area contributed by atoms with E-state index in [0.717, 1.165) is 17.3 Å². The van der Waals surface area contributed by atoms with Gasteiger partial charge in [0.15, 0.2) is 23.3 Å². The molecule has 0 radical (unpaired) electrons. The van der Waals surface area contributed by atoms with Crippen molar-refractivity contribution in [1.82, 2.24) is 4.98 Å². The summed E-state index contributed by atoms with van der Waals surface area (Å²) in [5.74, 6) is 3.35. The topological polar surface area (TPSA) is 54.2 Å². The highest BCUT2D eigenvalue weighted by Gasteiger charge is 2.15. The molecule has 0 aliphatic carbocycles. The van der Waals surface area contributed by atoms with E-state index < -0.39 is 11.6 Å². The molecule has 0 saturated carbocycles. The largest absolute Gasteiger partial charge is 0.327 e. The number of nitrogens with two attached hydrogens (primary N) is 1. The van der Waals surface area contributed by atoms with Crippen LogP contribution in [0.1, 0.15) is 5.56 Å². The van der Waals surface area contributed by atoms with Gasteiger partial charge in [0.2, 0.25) is 0 Å². The molecule has 3 N–H and O–H groups in total. The third-order valence-electron chi connectivity index (χ3n) is 2.79. The van der Waals surface area contributed by atoms with Crippen molar-refractivity contribution in [2.24, 2.45) is 5.84 Å². The second-order valence-electron chi connectivity index (χ2n) is 4.16. The van der Waals surface area contributed by atoms with Crippen molar-refractivity contribution in [3.05, 3.63) is 47.5 Å². The molecule has 0 amide bonds. The fourth-order valence-corrected chi connectivity index (χ4v) is 1.68. The van der Waals surface area contributed by atoms with Crippen LogP contribution in [-0.2, 0) is 0 Å². The van der Waals surface area contributed by atoms with Crippen LogP contribution in [0.5, 0.6) is 0 Å². The third-order valence-corrected chi connectivity index (χ3v) is 2.79. The normalized spacial score (nSPS) is 10.4. The molecule has 0 bridgehead atoms. The Morgan fingerprint density at radius 2 is 1.79 bits per heavy atom. The van der Waals surface area contributed by atoms with Gasteiger partial charge in [0, 0.05) is 18.8 Å². The van der Waals surface area contributed by atoms with E-state index >= 15 is 0 Å². The van der Waals surface area contributed by atoms with Crippen molar-refractivity contribution < 1.29 is 8.78 Å². The van der Waals surface area contributed by atoms with E-state index in [1.54, 1.807) is 7.05 Å². The molecule has 0 saturated heterocycles. The molecule has 19 heavy (non-hydrogen) atoms. The predicted octanol–water partition coefficient (Wildman–Crippen LogP) is 2.72. The van der Waals surface area contributed by atoms with Gasteiger partial charge in [0.05, 0.1) is 0 Å². The maximum atomic E-state index is 13.8. The Balaban J connectivity index is 2.43. The van der Waals surface area contributed by atoms with Crippen LogP contribution in [-0.4, -0.2) is 12.0 Å². The molecule has 2 aromatic rings. The first kappa shape index (κ1) is 13.2. The fraction of sp³-hybridized carbons (Fsp3) is 0.154. The van der Waals surface area contributed by atoms with Crippen molar-refractivity contribution >= 4 is 17.3 Å². The van der Waals surface area contributed by atoms with E-state index in [-0.39, 0.29) is 11.6 Å². The highest BCUT2D eigenvalue weighted by Crippen LogP contribution is 2.27. The first-order chi connectivity index (χ1) is 9.02. The minimum Gasteiger partial charge on any atom is -0.327 e. The summed E-state index contributed by atoms with van der Waals surface area (Å²) in [4.78, 5) is 5.35. The summed E-state index contributed by atoms with van der Waals surface area (Å²) in [7, 11) is 1.65. The Morgan fingerprint density at radius 1 is 1.16 bits per heavy atom. The van der Waals surface area contributed by atoms with Gasteiger partial charge >= 0.3 is 0 Å². The van der Waals surface area contributed by atoms with Crippen LogP contribution < -0.4 is 16.2 Å². The second-order valence-corrected chi connectivity index (χ2v) is 4.16. The standard InChI is InChI=1S/C13H14F2N4/c1-8-3-5-9(6-4-8)19(2)13-11(15)7-10(14)12(17-13)18-16/h3-7H,16H2,1-2H3,(H,17,18). The number of pyridine rings is 1. The van der Waals surface area contributed by atoms with Crippen LogP contribution >= 0.6 is 0 Å². The summed E-state index contributed by atoms with van der Waals surface area (Å²) < 4.78 is 27.1. The van der Waals surface area contributed by atoms with Gasteiger partial charge in [0.1, 0.15) is 0 Å². The lowest BCUT2D eigenvalue weighted by molar-refractivity contribution is 0.576. The molecule has 0 fully saturated rings. The quantitative estimate of drug-likeness (QED) is 0.661. The van der Waals surface area contributed by atoms with Gasteiger partial charge in [-0.1, -0.05) is 17.7 Å². The van der Waals surface area contributed by atoms with Crippen LogP contribution in [0.4, 0.5) is 26.1 Å². The van der Waals surface area contributed by atoms with Gasteiger partial charge in [-0.25, -0.2) is 19.6 Å². The van der Waals surface area contributed by atoms with Crippen molar-refractivity contribution in [2.75, 3.05) is 17.4 Å². The Bertz CT molecular complexity index is 584. The highest BCUT2D eigenvalue weighted by molar-refractivity contribution is 5.61. The second kappa shape index (κ2) is 5.19. The number of aryl methyl sites for hydroxylation is 1. The molecule has 0 unspecified atom stereocenters. The molecule has 0 aliphatic heterocycles. The molecule has 0 spiro atoms. The molecule has 100 valence electrons. The smallest absolute Gasteiger partial charge is 0.178 e. The zero-order valence-corrected chi connectivity index (χ0v) is 10.6. The van der Waals surface area contributed by atoms with Gasteiger partial charge in [0.25, 0.3) is 0 Å². The SMILES string of the molecule is Cc1ccc(N(C)c2nc(NN)c(F)cc2F)cc1. The van der Waals surface area contributed by atoms with Crippen LogP contribution in [0.25, 0.3) is 0 Å². The van der Waals surface area contributed by atoms with E-state index in [1.807, 2.05) is 31.2 Å². The van der Waals surface area contributed by atoms with Crippen LogP contribution in [0.3, 0.4) is 0 Å². The van der Waals surface area contributed by atoms with E-state index in [4.69, 9.17) is 5.84 Å². The minimum atomic E-state index is -0.832. The molecule has 1 heterocycles. The number of rotatable bonds is 3. The number of hydrogen-bond acceptors (Lipinski definition) is 4. The maximum Gasteiger partial charge on any atom is 0.178 e. The summed E-state index contributed by atoms with van der Waals surface area (Å²) >= 11 is 0. The summed E-state index contributed by atoms with van der Waals surface area (Å²) in [5, 5.41) is 0. The third kappa shape index (κ3) is 2.63. The van der Waals surface area contributed by atoms with Crippen LogP contribution in [0, 0.1) is 18.6 Å². The molecule has 4 nitrogen and oxygen atoms in total. The number of anilines is 3.